The first-order valence-corrected chi connectivity index (χ1v) is 9.40. The van der Waals surface area contributed by atoms with E-state index in [1.807, 2.05) is 6.92 Å². The summed E-state index contributed by atoms with van der Waals surface area (Å²) in [5.74, 6) is 0.400. The van der Waals surface area contributed by atoms with Crippen LogP contribution >= 0.6 is 0 Å². The Kier molecular flexibility index (Phi) is 5.92. The summed E-state index contributed by atoms with van der Waals surface area (Å²) in [6, 6.07) is 14.5. The quantitative estimate of drug-likeness (QED) is 0.858. The summed E-state index contributed by atoms with van der Waals surface area (Å²) < 4.78 is 12.9. The third-order valence-electron chi connectivity index (χ3n) is 5.07. The van der Waals surface area contributed by atoms with Crippen LogP contribution in [0.25, 0.3) is 0 Å². The number of nitrogens with one attached hydrogen (secondary N) is 1. The third kappa shape index (κ3) is 4.84. The van der Waals surface area contributed by atoms with Crippen molar-refractivity contribution in [1.82, 2.24) is 5.32 Å². The minimum Gasteiger partial charge on any atom is -0.371 e. The fourth-order valence-electron chi connectivity index (χ4n) is 3.56. The predicted octanol–water partition coefficient (Wildman–Crippen LogP) is 4.48. The number of amides is 1. The second kappa shape index (κ2) is 8.35. The second-order valence-corrected chi connectivity index (χ2v) is 7.38. The van der Waals surface area contributed by atoms with Crippen LogP contribution in [0.15, 0.2) is 48.5 Å². The maximum Gasteiger partial charge on any atom is 0.224 e. The van der Waals surface area contributed by atoms with Crippen molar-refractivity contribution in [3.63, 3.8) is 0 Å². The zero-order chi connectivity index (χ0) is 18.5. The Morgan fingerprint density at radius 3 is 2.54 bits per heavy atom. The van der Waals surface area contributed by atoms with Crippen LogP contribution in [0.2, 0.25) is 0 Å². The number of hydrogen-bond donors (Lipinski definition) is 1. The van der Waals surface area contributed by atoms with Crippen molar-refractivity contribution in [2.24, 2.45) is 5.92 Å². The number of anilines is 1. The van der Waals surface area contributed by atoms with Crippen LogP contribution in [0.4, 0.5) is 10.1 Å². The minimum absolute atomic E-state index is 0.0574. The molecule has 1 aliphatic heterocycles. The smallest absolute Gasteiger partial charge is 0.224 e. The van der Waals surface area contributed by atoms with Gasteiger partial charge in [-0.15, -0.1) is 0 Å². The standard InChI is InChI=1S/C22H27FN2O/c1-16-4-3-13-25(15-16)21-11-7-19(8-12-21)17(2)24-22(26)14-18-5-9-20(23)10-6-18/h5-12,16-17H,3-4,13-15H2,1-2H3,(H,24,26)/t16-,17+/m0/s1. The molecule has 0 saturated carbocycles. The molecule has 3 nitrogen and oxygen atoms in total. The molecule has 1 aliphatic rings. The van der Waals surface area contributed by atoms with E-state index < -0.39 is 0 Å². The summed E-state index contributed by atoms with van der Waals surface area (Å²) in [4.78, 5) is 14.7. The number of halogens is 1. The monoisotopic (exact) mass is 354 g/mol. The summed E-state index contributed by atoms with van der Waals surface area (Å²) in [6.45, 7) is 6.52. The molecule has 0 unspecified atom stereocenters. The number of benzene rings is 2. The van der Waals surface area contributed by atoms with Crippen LogP contribution in [0.3, 0.4) is 0 Å². The highest BCUT2D eigenvalue weighted by atomic mass is 19.1. The van der Waals surface area contributed by atoms with E-state index in [1.54, 1.807) is 12.1 Å². The molecule has 4 heteroatoms. The van der Waals surface area contributed by atoms with Gasteiger partial charge in [-0.25, -0.2) is 4.39 Å². The minimum atomic E-state index is -0.286. The molecule has 1 fully saturated rings. The molecule has 1 saturated heterocycles. The lowest BCUT2D eigenvalue weighted by Crippen LogP contribution is -2.34. The Labute approximate surface area is 155 Å². The molecule has 0 aliphatic carbocycles. The van der Waals surface area contributed by atoms with Crippen LogP contribution in [0.5, 0.6) is 0 Å². The van der Waals surface area contributed by atoms with E-state index in [9.17, 15) is 9.18 Å². The third-order valence-corrected chi connectivity index (χ3v) is 5.07. The van der Waals surface area contributed by atoms with Gasteiger partial charge in [-0.3, -0.25) is 4.79 Å². The van der Waals surface area contributed by atoms with Gasteiger partial charge in [-0.1, -0.05) is 31.2 Å². The zero-order valence-electron chi connectivity index (χ0n) is 15.5. The molecule has 26 heavy (non-hydrogen) atoms. The first kappa shape index (κ1) is 18.4. The maximum absolute atomic E-state index is 12.9. The molecule has 0 aromatic heterocycles. The molecule has 0 radical (unpaired) electrons. The molecule has 1 N–H and O–H groups in total. The second-order valence-electron chi connectivity index (χ2n) is 7.38. The van der Waals surface area contributed by atoms with Crippen molar-refractivity contribution in [1.29, 1.82) is 0 Å². The fourth-order valence-corrected chi connectivity index (χ4v) is 3.56. The van der Waals surface area contributed by atoms with Gasteiger partial charge in [0.25, 0.3) is 0 Å². The zero-order valence-corrected chi connectivity index (χ0v) is 15.5. The predicted molar refractivity (Wildman–Crippen MR) is 104 cm³/mol. The lowest BCUT2D eigenvalue weighted by molar-refractivity contribution is -0.121. The van der Waals surface area contributed by atoms with Crippen LogP contribution in [-0.2, 0) is 11.2 Å². The van der Waals surface area contributed by atoms with Crippen molar-refractivity contribution in [2.45, 2.75) is 39.2 Å². The average Bonchev–Trinajstić information content (AvgIpc) is 2.64. The molecule has 1 amide bonds. The van der Waals surface area contributed by atoms with Gasteiger partial charge in [0.1, 0.15) is 5.82 Å². The summed E-state index contributed by atoms with van der Waals surface area (Å²) in [7, 11) is 0. The SMILES string of the molecule is C[C@H]1CCCN(c2ccc([C@@H](C)NC(=O)Cc3ccc(F)cc3)cc2)C1. The highest BCUT2D eigenvalue weighted by molar-refractivity contribution is 5.79. The van der Waals surface area contributed by atoms with Gasteiger partial charge in [-0.05, 0) is 61.1 Å². The Bertz CT molecular complexity index is 727. The molecule has 1 heterocycles. The topological polar surface area (TPSA) is 32.3 Å². The molecular formula is C22H27FN2O. The van der Waals surface area contributed by atoms with Gasteiger partial charge in [0.15, 0.2) is 0 Å². The number of carbonyl (C=O) groups excluding carboxylic acids is 1. The Balaban J connectivity index is 1.56. The fraction of sp³-hybridized carbons (Fsp3) is 0.409. The Morgan fingerprint density at radius 2 is 1.88 bits per heavy atom. The molecule has 0 bridgehead atoms. The van der Waals surface area contributed by atoms with E-state index in [0.717, 1.165) is 30.1 Å². The normalized spacial score (nSPS) is 18.4. The van der Waals surface area contributed by atoms with E-state index in [1.165, 1.54) is 30.7 Å². The highest BCUT2D eigenvalue weighted by Gasteiger charge is 2.17. The van der Waals surface area contributed by atoms with E-state index in [-0.39, 0.29) is 24.2 Å². The van der Waals surface area contributed by atoms with Gasteiger partial charge in [0, 0.05) is 18.8 Å². The van der Waals surface area contributed by atoms with E-state index in [0.29, 0.717) is 0 Å². The van der Waals surface area contributed by atoms with Crippen molar-refractivity contribution in [3.8, 4) is 0 Å². The average molecular weight is 354 g/mol. The summed E-state index contributed by atoms with van der Waals surface area (Å²) >= 11 is 0. The molecule has 0 spiro atoms. The van der Waals surface area contributed by atoms with Crippen molar-refractivity contribution < 1.29 is 9.18 Å². The maximum atomic E-state index is 12.9. The number of hydrogen-bond acceptors (Lipinski definition) is 2. The largest absolute Gasteiger partial charge is 0.371 e. The molecule has 138 valence electrons. The van der Waals surface area contributed by atoms with Crippen LogP contribution in [-0.4, -0.2) is 19.0 Å². The summed E-state index contributed by atoms with van der Waals surface area (Å²) in [5, 5.41) is 3.02. The molecule has 2 aromatic rings. The lowest BCUT2D eigenvalue weighted by Gasteiger charge is -2.33. The molecule has 2 atom stereocenters. The van der Waals surface area contributed by atoms with Gasteiger partial charge in [0.2, 0.25) is 5.91 Å². The summed E-state index contributed by atoms with van der Waals surface area (Å²) in [5.41, 5.74) is 3.15. The van der Waals surface area contributed by atoms with Crippen LogP contribution < -0.4 is 10.2 Å². The number of nitrogens with zero attached hydrogens (tertiary/aromatic N) is 1. The molecule has 3 rings (SSSR count). The number of rotatable bonds is 5. The highest BCUT2D eigenvalue weighted by Crippen LogP contribution is 2.24. The van der Waals surface area contributed by atoms with E-state index in [2.05, 4.69) is 41.4 Å². The Morgan fingerprint density at radius 1 is 1.19 bits per heavy atom. The summed E-state index contributed by atoms with van der Waals surface area (Å²) in [6.07, 6.45) is 2.82. The van der Waals surface area contributed by atoms with E-state index >= 15 is 0 Å². The van der Waals surface area contributed by atoms with Crippen molar-refractivity contribution >= 4 is 11.6 Å². The Hall–Kier alpha value is -2.36. The van der Waals surface area contributed by atoms with Gasteiger partial charge >= 0.3 is 0 Å². The number of piperidine rings is 1. The lowest BCUT2D eigenvalue weighted by atomic mass is 9.99. The molecule has 2 aromatic carbocycles. The van der Waals surface area contributed by atoms with Gasteiger partial charge in [-0.2, -0.15) is 0 Å². The van der Waals surface area contributed by atoms with Crippen molar-refractivity contribution in [3.05, 3.63) is 65.5 Å². The van der Waals surface area contributed by atoms with Gasteiger partial charge < -0.3 is 10.2 Å². The van der Waals surface area contributed by atoms with Crippen molar-refractivity contribution in [2.75, 3.05) is 18.0 Å². The molecular weight excluding hydrogens is 327 g/mol. The number of carbonyl (C=O) groups is 1. The van der Waals surface area contributed by atoms with Crippen LogP contribution in [0.1, 0.15) is 43.9 Å². The van der Waals surface area contributed by atoms with E-state index in [4.69, 9.17) is 0 Å². The first-order chi connectivity index (χ1) is 12.5. The van der Waals surface area contributed by atoms with Crippen LogP contribution in [0, 0.1) is 11.7 Å². The first-order valence-electron chi connectivity index (χ1n) is 9.40. The van der Waals surface area contributed by atoms with Gasteiger partial charge in [0.05, 0.1) is 12.5 Å².